The molecular formula is C28H29F5N4O5. The molecule has 0 atom stereocenters. The number of anilines is 4. The number of methoxy groups -OCH3 is 1. The van der Waals surface area contributed by atoms with Gasteiger partial charge in [-0.05, 0) is 75.6 Å². The Morgan fingerprint density at radius 3 is 2.33 bits per heavy atom. The SMILES string of the molecule is COc1ccc(N)c(N(CCCc2cc(F)ccc2Nc2cc(C(F)(F)F)c(F)cc2C(=O)O)C(=O)OC(C)(C)C)n1. The molecule has 0 saturated heterocycles. The number of carbonyl (C=O) groups is 2. The van der Waals surface area contributed by atoms with Gasteiger partial charge in [-0.1, -0.05) is 0 Å². The van der Waals surface area contributed by atoms with Crippen LogP contribution in [0.5, 0.6) is 5.88 Å². The molecule has 226 valence electrons. The number of aryl methyl sites for hydroxylation is 1. The zero-order valence-corrected chi connectivity index (χ0v) is 23.1. The Bertz CT molecular complexity index is 1470. The molecule has 0 radical (unpaired) electrons. The first-order valence-corrected chi connectivity index (χ1v) is 12.5. The van der Waals surface area contributed by atoms with Crippen LogP contribution in [0.25, 0.3) is 0 Å². The molecule has 9 nitrogen and oxygen atoms in total. The van der Waals surface area contributed by atoms with E-state index in [1.807, 2.05) is 0 Å². The van der Waals surface area contributed by atoms with Crippen LogP contribution in [0.15, 0.2) is 42.5 Å². The van der Waals surface area contributed by atoms with Gasteiger partial charge in [0.15, 0.2) is 5.82 Å². The number of benzene rings is 2. The second-order valence-corrected chi connectivity index (χ2v) is 10.1. The highest BCUT2D eigenvalue weighted by atomic mass is 19.4. The highest BCUT2D eigenvalue weighted by Crippen LogP contribution is 2.36. The van der Waals surface area contributed by atoms with E-state index in [4.69, 9.17) is 15.2 Å². The number of nitrogens with one attached hydrogen (secondary N) is 1. The number of nitrogen functional groups attached to an aromatic ring is 1. The summed E-state index contributed by atoms with van der Waals surface area (Å²) in [6, 6.07) is 6.93. The standard InChI is InChI=1S/C28H29F5N4O5/c1-27(2,3)42-26(40)37(24-20(34)8-10-23(36-24)41-4)11-5-6-15-12-16(29)7-9-21(15)35-22-14-18(28(31,32)33)19(30)13-17(22)25(38)39/h7-10,12-14,35H,5-6,11,34H2,1-4H3,(H,38,39). The molecule has 0 aliphatic heterocycles. The van der Waals surface area contributed by atoms with Gasteiger partial charge in [0.1, 0.15) is 17.2 Å². The molecule has 1 amide bonds. The zero-order chi connectivity index (χ0) is 31.4. The van der Waals surface area contributed by atoms with Crippen molar-refractivity contribution < 1.29 is 46.1 Å². The lowest BCUT2D eigenvalue weighted by Gasteiger charge is -2.27. The summed E-state index contributed by atoms with van der Waals surface area (Å²) in [5, 5.41) is 12.0. The maximum atomic E-state index is 14.2. The molecule has 3 aromatic rings. The first-order chi connectivity index (χ1) is 19.5. The molecule has 2 aromatic carbocycles. The Morgan fingerprint density at radius 1 is 1.05 bits per heavy atom. The van der Waals surface area contributed by atoms with Crippen molar-refractivity contribution in [2.75, 3.05) is 29.6 Å². The summed E-state index contributed by atoms with van der Waals surface area (Å²) in [4.78, 5) is 30.2. The Hall–Kier alpha value is -4.62. The van der Waals surface area contributed by atoms with E-state index in [1.165, 1.54) is 30.2 Å². The van der Waals surface area contributed by atoms with Crippen molar-refractivity contribution in [2.24, 2.45) is 0 Å². The highest BCUT2D eigenvalue weighted by molar-refractivity contribution is 5.95. The number of carbonyl (C=O) groups excluding carboxylic acids is 1. The van der Waals surface area contributed by atoms with E-state index in [1.54, 1.807) is 20.8 Å². The summed E-state index contributed by atoms with van der Waals surface area (Å²) in [6.45, 7) is 4.97. The van der Waals surface area contributed by atoms with Crippen LogP contribution >= 0.6 is 0 Å². The fourth-order valence-corrected chi connectivity index (χ4v) is 3.91. The van der Waals surface area contributed by atoms with Crippen LogP contribution in [-0.4, -0.2) is 41.4 Å². The van der Waals surface area contributed by atoms with Crippen LogP contribution in [0.4, 0.5) is 49.6 Å². The van der Waals surface area contributed by atoms with Crippen LogP contribution in [0, 0.1) is 11.6 Å². The van der Waals surface area contributed by atoms with Crippen molar-refractivity contribution in [2.45, 2.75) is 45.4 Å². The molecule has 42 heavy (non-hydrogen) atoms. The number of aromatic carboxylic acids is 1. The number of alkyl halides is 3. The van der Waals surface area contributed by atoms with E-state index in [9.17, 15) is 36.6 Å². The first-order valence-electron chi connectivity index (χ1n) is 12.5. The predicted octanol–water partition coefficient (Wildman–Crippen LogP) is 6.79. The number of ether oxygens (including phenoxy) is 2. The van der Waals surface area contributed by atoms with Gasteiger partial charge >= 0.3 is 18.2 Å². The summed E-state index contributed by atoms with van der Waals surface area (Å²) in [7, 11) is 1.38. The van der Waals surface area contributed by atoms with Crippen molar-refractivity contribution >= 4 is 34.9 Å². The van der Waals surface area contributed by atoms with E-state index >= 15 is 0 Å². The topological polar surface area (TPSA) is 127 Å². The molecule has 3 rings (SSSR count). The minimum atomic E-state index is -5.09. The maximum Gasteiger partial charge on any atom is 0.419 e. The molecule has 0 spiro atoms. The average Bonchev–Trinajstić information content (AvgIpc) is 2.87. The number of carboxylic acid groups (broad SMARTS) is 1. The molecule has 4 N–H and O–H groups in total. The van der Waals surface area contributed by atoms with Crippen molar-refractivity contribution in [1.82, 2.24) is 4.98 Å². The fourth-order valence-electron chi connectivity index (χ4n) is 3.91. The molecule has 1 aromatic heterocycles. The summed E-state index contributed by atoms with van der Waals surface area (Å²) in [6.07, 6.45) is -5.66. The minimum Gasteiger partial charge on any atom is -0.481 e. The third kappa shape index (κ3) is 7.98. The highest BCUT2D eigenvalue weighted by Gasteiger charge is 2.36. The summed E-state index contributed by atoms with van der Waals surface area (Å²) < 4.78 is 78.9. The summed E-state index contributed by atoms with van der Waals surface area (Å²) >= 11 is 0. The second-order valence-electron chi connectivity index (χ2n) is 10.1. The van der Waals surface area contributed by atoms with E-state index in [0.29, 0.717) is 6.07 Å². The number of hydrogen-bond donors (Lipinski definition) is 3. The van der Waals surface area contributed by atoms with Gasteiger partial charge in [-0.25, -0.2) is 18.4 Å². The maximum absolute atomic E-state index is 14.2. The second kappa shape index (κ2) is 12.5. The van der Waals surface area contributed by atoms with Crippen molar-refractivity contribution in [3.05, 3.63) is 70.8 Å². The van der Waals surface area contributed by atoms with Gasteiger partial charge in [-0.15, -0.1) is 0 Å². The van der Waals surface area contributed by atoms with Crippen molar-refractivity contribution in [3.63, 3.8) is 0 Å². The Kier molecular flexibility index (Phi) is 9.49. The third-order valence-electron chi connectivity index (χ3n) is 5.77. The van der Waals surface area contributed by atoms with Crippen LogP contribution in [0.2, 0.25) is 0 Å². The zero-order valence-electron chi connectivity index (χ0n) is 23.1. The van der Waals surface area contributed by atoms with Gasteiger partial charge in [-0.2, -0.15) is 18.2 Å². The van der Waals surface area contributed by atoms with Crippen molar-refractivity contribution in [3.8, 4) is 5.88 Å². The van der Waals surface area contributed by atoms with Gasteiger partial charge in [-0.3, -0.25) is 4.90 Å². The van der Waals surface area contributed by atoms with E-state index in [-0.39, 0.29) is 54.1 Å². The Labute approximate surface area is 238 Å². The molecule has 0 aliphatic carbocycles. The molecule has 0 bridgehead atoms. The lowest BCUT2D eigenvalue weighted by molar-refractivity contribution is -0.139. The first kappa shape index (κ1) is 31.9. The van der Waals surface area contributed by atoms with E-state index in [2.05, 4.69) is 10.3 Å². The van der Waals surface area contributed by atoms with Crippen LogP contribution < -0.4 is 20.7 Å². The number of nitrogens with zero attached hydrogens (tertiary/aromatic N) is 2. The lowest BCUT2D eigenvalue weighted by Crippen LogP contribution is -2.38. The molecule has 0 fully saturated rings. The lowest BCUT2D eigenvalue weighted by atomic mass is 10.0. The summed E-state index contributed by atoms with van der Waals surface area (Å²) in [5.74, 6) is -3.87. The summed E-state index contributed by atoms with van der Waals surface area (Å²) in [5.41, 5.74) is 2.68. The monoisotopic (exact) mass is 596 g/mol. The molecular weight excluding hydrogens is 567 g/mol. The van der Waals surface area contributed by atoms with E-state index < -0.39 is 52.3 Å². The molecule has 14 heteroatoms. The number of halogens is 5. The molecule has 0 saturated carbocycles. The smallest absolute Gasteiger partial charge is 0.419 e. The quantitative estimate of drug-likeness (QED) is 0.231. The average molecular weight is 597 g/mol. The van der Waals surface area contributed by atoms with E-state index in [0.717, 1.165) is 12.1 Å². The largest absolute Gasteiger partial charge is 0.481 e. The third-order valence-corrected chi connectivity index (χ3v) is 5.77. The van der Waals surface area contributed by atoms with Gasteiger partial charge in [0.2, 0.25) is 5.88 Å². The molecule has 0 unspecified atom stereocenters. The fraction of sp³-hybridized carbons (Fsp3) is 0.321. The van der Waals surface area contributed by atoms with Gasteiger partial charge in [0.05, 0.1) is 29.6 Å². The Morgan fingerprint density at radius 2 is 1.74 bits per heavy atom. The number of carboxylic acids is 1. The van der Waals surface area contributed by atoms with Gasteiger partial charge < -0.3 is 25.6 Å². The normalized spacial score (nSPS) is 11.6. The van der Waals surface area contributed by atoms with Gasteiger partial charge in [0, 0.05) is 18.3 Å². The number of amides is 1. The van der Waals surface area contributed by atoms with Crippen LogP contribution in [-0.2, 0) is 17.3 Å². The van der Waals surface area contributed by atoms with Crippen LogP contribution in [0.1, 0.15) is 48.7 Å². The van der Waals surface area contributed by atoms with Crippen LogP contribution in [0.3, 0.4) is 0 Å². The molecule has 0 aliphatic rings. The number of rotatable bonds is 9. The minimum absolute atomic E-state index is 0.0373. The van der Waals surface area contributed by atoms with Gasteiger partial charge in [0.25, 0.3) is 0 Å². The Balaban J connectivity index is 1.93. The number of nitrogens with two attached hydrogens (primary N) is 1. The molecule has 1 heterocycles. The number of aromatic nitrogens is 1. The van der Waals surface area contributed by atoms with Crippen molar-refractivity contribution in [1.29, 1.82) is 0 Å². The number of hydrogen-bond acceptors (Lipinski definition) is 7. The number of pyridine rings is 1. The predicted molar refractivity (Wildman–Crippen MR) is 145 cm³/mol.